The molecule has 1 aliphatic heterocycles. The molecule has 230 valence electrons. The molecule has 1 saturated heterocycles. The van der Waals surface area contributed by atoms with Gasteiger partial charge in [-0.15, -0.1) is 11.8 Å². The summed E-state index contributed by atoms with van der Waals surface area (Å²) in [7, 11) is 3.22. The van der Waals surface area contributed by atoms with Gasteiger partial charge in [-0.25, -0.2) is 9.59 Å². The molecule has 43 heavy (non-hydrogen) atoms. The molecule has 2 atom stereocenters. The van der Waals surface area contributed by atoms with E-state index in [1.165, 1.54) is 4.90 Å². The standard InChI is InChI=1S/C34H42N2O6S/c1-33(2,3)42-32(39)36(23-34(19-10-20-35-22-34)43-26-11-7-6-8-12-26)27(31(37)38)21-24-15-17-25(18-16-24)30-28(40-4)13-9-14-29(30)41-5/h6-9,11-18,27,35H,10,19-23H2,1-5H3,(H,37,38)/t27-,34?/m0/s1. The lowest BCUT2D eigenvalue weighted by molar-refractivity contribution is -0.143. The van der Waals surface area contributed by atoms with E-state index in [-0.39, 0.29) is 13.0 Å². The van der Waals surface area contributed by atoms with Gasteiger partial charge in [0.1, 0.15) is 23.1 Å². The highest BCUT2D eigenvalue weighted by Crippen LogP contribution is 2.40. The van der Waals surface area contributed by atoms with Crippen LogP contribution in [0.4, 0.5) is 4.79 Å². The zero-order valence-electron chi connectivity index (χ0n) is 25.6. The quantitative estimate of drug-likeness (QED) is 0.255. The van der Waals surface area contributed by atoms with Crippen LogP contribution in [0.2, 0.25) is 0 Å². The zero-order valence-corrected chi connectivity index (χ0v) is 26.4. The number of amides is 1. The molecule has 2 N–H and O–H groups in total. The van der Waals surface area contributed by atoms with Crippen molar-refractivity contribution in [3.63, 3.8) is 0 Å². The van der Waals surface area contributed by atoms with Crippen LogP contribution in [0.25, 0.3) is 11.1 Å². The van der Waals surface area contributed by atoms with Crippen molar-refractivity contribution in [2.24, 2.45) is 0 Å². The van der Waals surface area contributed by atoms with Crippen LogP contribution in [0.15, 0.2) is 77.7 Å². The van der Waals surface area contributed by atoms with Gasteiger partial charge < -0.3 is 24.6 Å². The maximum atomic E-state index is 13.7. The number of ether oxygens (including phenoxy) is 3. The lowest BCUT2D eigenvalue weighted by atomic mass is 9.95. The molecule has 3 aromatic rings. The molecule has 1 heterocycles. The van der Waals surface area contributed by atoms with Gasteiger partial charge in [0.15, 0.2) is 0 Å². The number of aliphatic carboxylic acids is 1. The summed E-state index contributed by atoms with van der Waals surface area (Å²) >= 11 is 1.69. The molecule has 1 amide bonds. The van der Waals surface area contributed by atoms with E-state index in [9.17, 15) is 14.7 Å². The first-order valence-corrected chi connectivity index (χ1v) is 15.3. The summed E-state index contributed by atoms with van der Waals surface area (Å²) in [4.78, 5) is 29.1. The smallest absolute Gasteiger partial charge is 0.411 e. The molecule has 0 radical (unpaired) electrons. The van der Waals surface area contributed by atoms with E-state index >= 15 is 0 Å². The number of methoxy groups -OCH3 is 2. The summed E-state index contributed by atoms with van der Waals surface area (Å²) in [5.74, 6) is 0.271. The largest absolute Gasteiger partial charge is 0.496 e. The van der Waals surface area contributed by atoms with Crippen LogP contribution in [-0.2, 0) is 16.0 Å². The minimum absolute atomic E-state index is 0.122. The number of thioether (sulfide) groups is 1. The fourth-order valence-corrected chi connectivity index (χ4v) is 6.78. The highest BCUT2D eigenvalue weighted by molar-refractivity contribution is 8.00. The third-order valence-electron chi connectivity index (χ3n) is 7.36. The second-order valence-electron chi connectivity index (χ2n) is 11.8. The molecule has 1 fully saturated rings. The van der Waals surface area contributed by atoms with Crippen molar-refractivity contribution in [3.05, 3.63) is 78.4 Å². The number of carboxylic acids is 1. The first-order chi connectivity index (χ1) is 20.5. The number of carbonyl (C=O) groups is 2. The molecular formula is C34H42N2O6S. The molecule has 0 aromatic heterocycles. The number of hydrogen-bond donors (Lipinski definition) is 2. The highest BCUT2D eigenvalue weighted by Gasteiger charge is 2.42. The lowest BCUT2D eigenvalue weighted by Crippen LogP contribution is -2.57. The van der Waals surface area contributed by atoms with Crippen LogP contribution >= 0.6 is 11.8 Å². The molecule has 9 heteroatoms. The minimum Gasteiger partial charge on any atom is -0.496 e. The lowest BCUT2D eigenvalue weighted by Gasteiger charge is -2.42. The number of benzene rings is 3. The van der Waals surface area contributed by atoms with Crippen molar-refractivity contribution in [2.75, 3.05) is 33.9 Å². The van der Waals surface area contributed by atoms with Crippen LogP contribution in [0.3, 0.4) is 0 Å². The van der Waals surface area contributed by atoms with Gasteiger partial charge in [0.05, 0.1) is 24.5 Å². The van der Waals surface area contributed by atoms with E-state index in [2.05, 4.69) is 5.32 Å². The van der Waals surface area contributed by atoms with Gasteiger partial charge in [-0.05, 0) is 75.5 Å². The summed E-state index contributed by atoms with van der Waals surface area (Å²) in [6, 6.07) is 22.1. The second-order valence-corrected chi connectivity index (χ2v) is 13.3. The number of nitrogens with one attached hydrogen (secondary N) is 1. The fourth-order valence-electron chi connectivity index (χ4n) is 5.36. The summed E-state index contributed by atoms with van der Waals surface area (Å²) in [6.45, 7) is 7.13. The van der Waals surface area contributed by atoms with Crippen LogP contribution in [-0.4, -0.2) is 72.3 Å². The third-order valence-corrected chi connectivity index (χ3v) is 8.78. The third kappa shape index (κ3) is 8.45. The molecule has 0 spiro atoms. The zero-order chi connectivity index (χ0) is 31.0. The Morgan fingerprint density at radius 2 is 1.63 bits per heavy atom. The SMILES string of the molecule is COc1cccc(OC)c1-c1ccc(C[C@@H](C(=O)O)N(CC2(Sc3ccccc3)CCCNC2)C(=O)OC(C)(C)C)cc1. The summed E-state index contributed by atoms with van der Waals surface area (Å²) in [5.41, 5.74) is 1.69. The number of carbonyl (C=O) groups excluding carboxylic acids is 1. The van der Waals surface area contributed by atoms with Gasteiger partial charge in [-0.2, -0.15) is 0 Å². The Morgan fingerprint density at radius 3 is 2.16 bits per heavy atom. The fraction of sp³-hybridized carbons (Fsp3) is 0.412. The van der Waals surface area contributed by atoms with Gasteiger partial charge in [0.25, 0.3) is 0 Å². The molecule has 0 bridgehead atoms. The van der Waals surface area contributed by atoms with Crippen LogP contribution in [0.5, 0.6) is 11.5 Å². The highest BCUT2D eigenvalue weighted by atomic mass is 32.2. The van der Waals surface area contributed by atoms with Gasteiger partial charge in [0.2, 0.25) is 0 Å². The van der Waals surface area contributed by atoms with Crippen molar-refractivity contribution in [1.29, 1.82) is 0 Å². The van der Waals surface area contributed by atoms with Gasteiger partial charge in [0, 0.05) is 24.4 Å². The van der Waals surface area contributed by atoms with Crippen molar-refractivity contribution >= 4 is 23.8 Å². The van der Waals surface area contributed by atoms with Crippen molar-refractivity contribution in [1.82, 2.24) is 10.2 Å². The molecule has 0 aliphatic carbocycles. The number of carboxylic acid groups (broad SMARTS) is 1. The molecule has 3 aromatic carbocycles. The monoisotopic (exact) mass is 606 g/mol. The second kappa shape index (κ2) is 14.2. The number of rotatable bonds is 11. The number of piperidine rings is 1. The Labute approximate surface area is 258 Å². The van der Waals surface area contributed by atoms with Crippen LogP contribution in [0.1, 0.15) is 39.2 Å². The topological polar surface area (TPSA) is 97.3 Å². The molecule has 0 saturated carbocycles. The summed E-state index contributed by atoms with van der Waals surface area (Å²) in [6.07, 6.45) is 1.25. The number of hydrogen-bond acceptors (Lipinski definition) is 7. The van der Waals surface area contributed by atoms with Crippen molar-refractivity contribution < 1.29 is 28.9 Å². The maximum absolute atomic E-state index is 13.7. The maximum Gasteiger partial charge on any atom is 0.411 e. The Hall–Kier alpha value is -3.69. The predicted molar refractivity (Wildman–Crippen MR) is 170 cm³/mol. The van der Waals surface area contributed by atoms with E-state index in [4.69, 9.17) is 14.2 Å². The minimum atomic E-state index is -1.13. The average Bonchev–Trinajstić information content (AvgIpc) is 2.98. The van der Waals surface area contributed by atoms with E-state index < -0.39 is 28.5 Å². The summed E-state index contributed by atoms with van der Waals surface area (Å²) in [5, 5.41) is 14.0. The average molecular weight is 607 g/mol. The number of nitrogens with zero attached hydrogens (tertiary/aromatic N) is 1. The summed E-state index contributed by atoms with van der Waals surface area (Å²) < 4.78 is 16.5. The Balaban J connectivity index is 1.66. The Morgan fingerprint density at radius 1 is 0.977 bits per heavy atom. The normalized spacial score (nSPS) is 17.5. The van der Waals surface area contributed by atoms with Crippen LogP contribution < -0.4 is 14.8 Å². The van der Waals surface area contributed by atoms with Crippen LogP contribution in [0, 0.1) is 0 Å². The van der Waals surface area contributed by atoms with Gasteiger partial charge >= 0.3 is 12.1 Å². The predicted octanol–water partition coefficient (Wildman–Crippen LogP) is 6.52. The first kappa shape index (κ1) is 32.2. The van der Waals surface area contributed by atoms with E-state index in [0.717, 1.165) is 41.0 Å². The molecular weight excluding hydrogens is 564 g/mol. The van der Waals surface area contributed by atoms with Crippen molar-refractivity contribution in [2.45, 2.75) is 61.3 Å². The van der Waals surface area contributed by atoms with E-state index in [1.807, 2.05) is 72.8 Å². The first-order valence-electron chi connectivity index (χ1n) is 14.5. The molecule has 4 rings (SSSR count). The Kier molecular flexibility index (Phi) is 10.6. The van der Waals surface area contributed by atoms with E-state index in [0.29, 0.717) is 18.0 Å². The van der Waals surface area contributed by atoms with Crippen molar-refractivity contribution in [3.8, 4) is 22.6 Å². The Bertz CT molecular complexity index is 1350. The molecule has 1 aliphatic rings. The van der Waals surface area contributed by atoms with E-state index in [1.54, 1.807) is 46.8 Å². The molecule has 1 unspecified atom stereocenters. The molecule has 8 nitrogen and oxygen atoms in total. The van der Waals surface area contributed by atoms with Gasteiger partial charge in [-0.3, -0.25) is 4.90 Å². The van der Waals surface area contributed by atoms with Gasteiger partial charge in [-0.1, -0.05) is 48.5 Å².